The zero-order chi connectivity index (χ0) is 25.6. The molecule has 184 valence electrons. The number of nitro groups is 2. The van der Waals surface area contributed by atoms with Crippen molar-refractivity contribution < 1.29 is 19.7 Å². The Labute approximate surface area is 214 Å². The van der Waals surface area contributed by atoms with Gasteiger partial charge in [-0.1, -0.05) is 30.3 Å². The summed E-state index contributed by atoms with van der Waals surface area (Å²) in [6.07, 6.45) is 0.524. The van der Waals surface area contributed by atoms with Crippen LogP contribution < -0.4 is 5.32 Å². The first-order chi connectivity index (χ1) is 17.3. The molecule has 1 heterocycles. The van der Waals surface area contributed by atoms with Gasteiger partial charge in [0.25, 0.3) is 11.4 Å². The normalized spacial score (nSPS) is 24.3. The van der Waals surface area contributed by atoms with E-state index in [1.165, 1.54) is 30.0 Å². The lowest BCUT2D eigenvalue weighted by molar-refractivity contribution is -0.387. The third-order valence-corrected chi connectivity index (χ3v) is 8.98. The van der Waals surface area contributed by atoms with Crippen LogP contribution in [0.1, 0.15) is 39.9 Å². The van der Waals surface area contributed by atoms with Crippen molar-refractivity contribution in [3.63, 3.8) is 0 Å². The quantitative estimate of drug-likeness (QED) is 0.219. The number of thioether (sulfide) groups is 1. The second-order valence-electron chi connectivity index (χ2n) is 8.80. The molecule has 0 amide bonds. The van der Waals surface area contributed by atoms with Gasteiger partial charge in [0.15, 0.2) is 0 Å². The molecule has 5 atom stereocenters. The lowest BCUT2D eigenvalue weighted by Gasteiger charge is -2.38. The number of carboxylic acid groups (broad SMARTS) is 1. The van der Waals surface area contributed by atoms with Crippen molar-refractivity contribution in [2.75, 3.05) is 5.32 Å². The number of alkyl halides is 1. The summed E-state index contributed by atoms with van der Waals surface area (Å²) in [5.74, 6) is -1.58. The van der Waals surface area contributed by atoms with Crippen LogP contribution in [-0.2, 0) is 0 Å². The van der Waals surface area contributed by atoms with Gasteiger partial charge in [-0.15, -0.1) is 23.4 Å². The molecule has 1 fully saturated rings. The molecule has 0 radical (unpaired) electrons. The zero-order valence-corrected chi connectivity index (χ0v) is 20.2. The maximum Gasteiger partial charge on any atom is 0.335 e. The number of rotatable bonds is 6. The molecular weight excluding hydrogens is 506 g/mol. The highest BCUT2D eigenvalue weighted by Gasteiger charge is 2.51. The molecule has 1 aliphatic heterocycles. The summed E-state index contributed by atoms with van der Waals surface area (Å²) in [5, 5.41) is 35.6. The highest BCUT2D eigenvalue weighted by atomic mass is 35.5. The van der Waals surface area contributed by atoms with Crippen molar-refractivity contribution in [3.8, 4) is 0 Å². The van der Waals surface area contributed by atoms with Gasteiger partial charge in [-0.2, -0.15) is 0 Å². The molecule has 0 spiro atoms. The molecule has 1 saturated carbocycles. The number of carboxylic acids is 1. The Kier molecular flexibility index (Phi) is 6.31. The monoisotopic (exact) mass is 525 g/mol. The van der Waals surface area contributed by atoms with E-state index in [-0.39, 0.29) is 34.0 Å². The molecule has 3 aromatic carbocycles. The number of anilines is 1. The van der Waals surface area contributed by atoms with Gasteiger partial charge in [0.05, 0.1) is 37.3 Å². The van der Waals surface area contributed by atoms with E-state index in [1.54, 1.807) is 48.5 Å². The fourth-order valence-electron chi connectivity index (χ4n) is 5.34. The van der Waals surface area contributed by atoms with Crippen molar-refractivity contribution in [3.05, 3.63) is 104 Å². The molecule has 36 heavy (non-hydrogen) atoms. The number of hydrogen-bond donors (Lipinski definition) is 2. The van der Waals surface area contributed by atoms with Gasteiger partial charge in [0, 0.05) is 29.0 Å². The molecule has 11 heteroatoms. The number of hydrogen-bond acceptors (Lipinski definition) is 7. The van der Waals surface area contributed by atoms with Crippen LogP contribution in [0.3, 0.4) is 0 Å². The van der Waals surface area contributed by atoms with Gasteiger partial charge in [-0.25, -0.2) is 4.79 Å². The first-order valence-corrected chi connectivity index (χ1v) is 12.5. The van der Waals surface area contributed by atoms with Gasteiger partial charge in [-0.3, -0.25) is 20.2 Å². The molecule has 0 saturated heterocycles. The van der Waals surface area contributed by atoms with Gasteiger partial charge in [0.1, 0.15) is 0 Å². The Balaban J connectivity index is 1.60. The zero-order valence-electron chi connectivity index (χ0n) is 18.6. The predicted octanol–water partition coefficient (Wildman–Crippen LogP) is 6.24. The minimum absolute atomic E-state index is 0.0109. The van der Waals surface area contributed by atoms with Crippen LogP contribution in [0.25, 0.3) is 0 Å². The Morgan fingerprint density at radius 3 is 2.33 bits per heavy atom. The molecule has 5 rings (SSSR count). The second kappa shape index (κ2) is 9.44. The van der Waals surface area contributed by atoms with E-state index >= 15 is 0 Å². The number of halogens is 1. The topological polar surface area (TPSA) is 136 Å². The van der Waals surface area contributed by atoms with E-state index in [2.05, 4.69) is 5.32 Å². The fourth-order valence-corrected chi connectivity index (χ4v) is 7.29. The van der Waals surface area contributed by atoms with E-state index < -0.39 is 27.2 Å². The fraction of sp³-hybridized carbons (Fsp3) is 0.240. The lowest BCUT2D eigenvalue weighted by Crippen LogP contribution is -2.31. The smallest absolute Gasteiger partial charge is 0.335 e. The number of carbonyl (C=O) groups is 1. The first kappa shape index (κ1) is 24.1. The average molecular weight is 526 g/mol. The van der Waals surface area contributed by atoms with Crippen LogP contribution in [0.2, 0.25) is 0 Å². The van der Waals surface area contributed by atoms with Crippen LogP contribution >= 0.6 is 23.4 Å². The number of benzene rings is 3. The minimum Gasteiger partial charge on any atom is -0.478 e. The van der Waals surface area contributed by atoms with Crippen LogP contribution in [0.4, 0.5) is 17.1 Å². The number of aromatic carboxylic acids is 1. The number of nitro benzene ring substituents is 2. The molecule has 3 aromatic rings. The van der Waals surface area contributed by atoms with E-state index in [0.29, 0.717) is 22.6 Å². The molecule has 0 aromatic heterocycles. The van der Waals surface area contributed by atoms with Crippen molar-refractivity contribution in [2.24, 2.45) is 5.92 Å². The summed E-state index contributed by atoms with van der Waals surface area (Å²) in [4.78, 5) is 34.7. The average Bonchev–Trinajstić information content (AvgIpc) is 3.19. The van der Waals surface area contributed by atoms with Crippen LogP contribution in [0.5, 0.6) is 0 Å². The lowest BCUT2D eigenvalue weighted by atomic mass is 9.76. The molecule has 2 N–H and O–H groups in total. The summed E-state index contributed by atoms with van der Waals surface area (Å²) in [6, 6.07) is 17.3. The molecule has 2 aliphatic rings. The molecule has 9 nitrogen and oxygen atoms in total. The van der Waals surface area contributed by atoms with E-state index in [9.17, 15) is 30.1 Å². The van der Waals surface area contributed by atoms with Gasteiger partial charge in [0.2, 0.25) is 0 Å². The number of fused-ring (bicyclic) bond motifs is 3. The van der Waals surface area contributed by atoms with E-state index in [1.807, 2.05) is 0 Å². The molecule has 1 aliphatic carbocycles. The maximum absolute atomic E-state index is 11.8. The Morgan fingerprint density at radius 1 is 0.972 bits per heavy atom. The van der Waals surface area contributed by atoms with Gasteiger partial charge in [-0.05, 0) is 42.2 Å². The van der Waals surface area contributed by atoms with Crippen molar-refractivity contribution in [2.45, 2.75) is 33.9 Å². The summed E-state index contributed by atoms with van der Waals surface area (Å²) in [6.45, 7) is 0. The van der Waals surface area contributed by atoms with Gasteiger partial charge < -0.3 is 10.4 Å². The predicted molar refractivity (Wildman–Crippen MR) is 136 cm³/mol. The summed E-state index contributed by atoms with van der Waals surface area (Å²) >= 11 is 8.37. The SMILES string of the molecule is O=C(O)c1ccc2c(c1)[C@@H]1[C@H](Cl)[C@H](Sc3ccccc3[N+](=O)[O-])C[C@@H]1[C@@H](c1ccccc1[N+](=O)[O-])N2. The highest BCUT2D eigenvalue weighted by molar-refractivity contribution is 8.00. The first-order valence-electron chi connectivity index (χ1n) is 11.2. The number of nitrogens with one attached hydrogen (secondary N) is 1. The van der Waals surface area contributed by atoms with Crippen molar-refractivity contribution in [1.29, 1.82) is 0 Å². The van der Waals surface area contributed by atoms with Crippen molar-refractivity contribution >= 4 is 46.4 Å². The largest absolute Gasteiger partial charge is 0.478 e. The molecule has 0 bridgehead atoms. The van der Waals surface area contributed by atoms with Crippen molar-refractivity contribution in [1.82, 2.24) is 0 Å². The maximum atomic E-state index is 11.8. The number of para-hydroxylation sites is 2. The summed E-state index contributed by atoms with van der Waals surface area (Å²) < 4.78 is 0. The Bertz CT molecular complexity index is 1390. The second-order valence-corrected chi connectivity index (χ2v) is 10.6. The Hall–Kier alpha value is -3.63. The summed E-state index contributed by atoms with van der Waals surface area (Å²) in [5.41, 5.74) is 2.03. The third-order valence-electron chi connectivity index (χ3n) is 6.87. The van der Waals surface area contributed by atoms with E-state index in [4.69, 9.17) is 11.6 Å². The van der Waals surface area contributed by atoms with E-state index in [0.717, 1.165) is 5.56 Å². The van der Waals surface area contributed by atoms with Crippen LogP contribution in [0, 0.1) is 26.1 Å². The molecule has 0 unspecified atom stereocenters. The van der Waals surface area contributed by atoms with Crippen LogP contribution in [-0.4, -0.2) is 31.5 Å². The minimum atomic E-state index is -1.06. The number of nitrogens with zero attached hydrogens (tertiary/aromatic N) is 2. The standard InChI is InChI=1S/C25H20ClN3O6S/c26-23-21(36-20-8-4-3-7-19(20)29(34)35)12-16-22(23)15-11-13(25(30)31)9-10-17(15)27-24(16)14-5-1-2-6-18(14)28(32)33/h1-11,16,21-24,27H,12H2,(H,30,31)/t16-,21+,22-,23+,24+/m0/s1. The van der Waals surface area contributed by atoms with Gasteiger partial charge >= 0.3 is 5.97 Å². The Morgan fingerprint density at radius 2 is 1.64 bits per heavy atom. The molecular formula is C25H20ClN3O6S. The highest BCUT2D eigenvalue weighted by Crippen LogP contribution is 2.58. The third kappa shape index (κ3) is 4.16. The van der Waals surface area contributed by atoms with Crippen LogP contribution in [0.15, 0.2) is 71.6 Å². The summed E-state index contributed by atoms with van der Waals surface area (Å²) in [7, 11) is 0.